The molecule has 1 rings (SSSR count). The van der Waals surface area contributed by atoms with Crippen LogP contribution >= 0.6 is 0 Å². The van der Waals surface area contributed by atoms with Gasteiger partial charge in [-0.25, -0.2) is 0 Å². The molecule has 0 aliphatic carbocycles. The molecule has 1 N–H and O–H groups in total. The lowest BCUT2D eigenvalue weighted by Crippen LogP contribution is -2.53. The third-order valence-corrected chi connectivity index (χ3v) is 5.85. The van der Waals surface area contributed by atoms with Gasteiger partial charge in [0.15, 0.2) is 0 Å². The molecule has 0 saturated carbocycles. The molecule has 2 atom stereocenters. The standard InChI is InChI=1S/C12H27N3O2S/c1-5-13-12-8-9-15(10-11(12)4)18(16,17)14(6-2)7-3/h11-13H,5-10H2,1-4H3. The fourth-order valence-corrected chi connectivity index (χ4v) is 4.33. The fraction of sp³-hybridized carbons (Fsp3) is 1.00. The zero-order chi connectivity index (χ0) is 13.8. The Morgan fingerprint density at radius 2 is 1.89 bits per heavy atom. The topological polar surface area (TPSA) is 52.7 Å². The molecule has 1 aliphatic heterocycles. The highest BCUT2D eigenvalue weighted by Crippen LogP contribution is 2.21. The Kier molecular flexibility index (Phi) is 6.04. The van der Waals surface area contributed by atoms with Crippen molar-refractivity contribution >= 4 is 10.2 Å². The highest BCUT2D eigenvalue weighted by atomic mass is 32.2. The Labute approximate surface area is 112 Å². The minimum atomic E-state index is -3.26. The smallest absolute Gasteiger partial charge is 0.281 e. The van der Waals surface area contributed by atoms with E-state index in [0.717, 1.165) is 13.0 Å². The van der Waals surface area contributed by atoms with Crippen molar-refractivity contribution in [2.24, 2.45) is 5.92 Å². The van der Waals surface area contributed by atoms with Crippen molar-refractivity contribution in [3.8, 4) is 0 Å². The van der Waals surface area contributed by atoms with E-state index in [4.69, 9.17) is 0 Å². The third kappa shape index (κ3) is 3.44. The van der Waals surface area contributed by atoms with E-state index in [0.29, 0.717) is 38.1 Å². The van der Waals surface area contributed by atoms with Gasteiger partial charge in [-0.2, -0.15) is 17.0 Å². The maximum absolute atomic E-state index is 12.4. The number of piperidine rings is 1. The first-order valence-electron chi connectivity index (χ1n) is 6.95. The van der Waals surface area contributed by atoms with Crippen molar-refractivity contribution in [2.45, 2.75) is 40.2 Å². The third-order valence-electron chi connectivity index (χ3n) is 3.69. The van der Waals surface area contributed by atoms with Crippen LogP contribution in [0.25, 0.3) is 0 Å². The summed E-state index contributed by atoms with van der Waals surface area (Å²) in [7, 11) is -3.26. The second-order valence-electron chi connectivity index (χ2n) is 4.88. The van der Waals surface area contributed by atoms with Crippen LogP contribution in [-0.2, 0) is 10.2 Å². The maximum atomic E-state index is 12.4. The van der Waals surface area contributed by atoms with Gasteiger partial charge in [-0.1, -0.05) is 27.7 Å². The summed E-state index contributed by atoms with van der Waals surface area (Å²) in [6, 6.07) is 0.443. The van der Waals surface area contributed by atoms with Crippen LogP contribution in [0.3, 0.4) is 0 Å². The van der Waals surface area contributed by atoms with Gasteiger partial charge in [-0.3, -0.25) is 0 Å². The van der Waals surface area contributed by atoms with Crippen LogP contribution in [0.4, 0.5) is 0 Å². The van der Waals surface area contributed by atoms with E-state index in [1.165, 1.54) is 4.31 Å². The lowest BCUT2D eigenvalue weighted by atomic mass is 9.95. The fourth-order valence-electron chi connectivity index (χ4n) is 2.60. The SMILES string of the molecule is CCNC1CCN(S(=O)(=O)N(CC)CC)CC1C. The van der Waals surface area contributed by atoms with Gasteiger partial charge in [0.05, 0.1) is 0 Å². The summed E-state index contributed by atoms with van der Waals surface area (Å²) in [5, 5.41) is 3.43. The van der Waals surface area contributed by atoms with Crippen molar-refractivity contribution in [2.75, 3.05) is 32.7 Å². The molecule has 0 bridgehead atoms. The molecular weight excluding hydrogens is 250 g/mol. The molecule has 0 spiro atoms. The minimum Gasteiger partial charge on any atom is -0.314 e. The van der Waals surface area contributed by atoms with E-state index in [1.807, 2.05) is 13.8 Å². The van der Waals surface area contributed by atoms with E-state index in [1.54, 1.807) is 4.31 Å². The van der Waals surface area contributed by atoms with E-state index in [-0.39, 0.29) is 0 Å². The van der Waals surface area contributed by atoms with Gasteiger partial charge in [0.1, 0.15) is 0 Å². The molecule has 2 unspecified atom stereocenters. The van der Waals surface area contributed by atoms with Crippen LogP contribution in [-0.4, -0.2) is 55.8 Å². The highest BCUT2D eigenvalue weighted by molar-refractivity contribution is 7.86. The first kappa shape index (κ1) is 15.9. The summed E-state index contributed by atoms with van der Waals surface area (Å²) in [5.41, 5.74) is 0. The second kappa shape index (κ2) is 6.84. The number of nitrogens with one attached hydrogen (secondary N) is 1. The van der Waals surface area contributed by atoms with Crippen LogP contribution < -0.4 is 5.32 Å². The predicted octanol–water partition coefficient (Wildman–Crippen LogP) is 0.893. The van der Waals surface area contributed by atoms with Gasteiger partial charge >= 0.3 is 0 Å². The molecule has 1 fully saturated rings. The lowest BCUT2D eigenvalue weighted by Gasteiger charge is -2.38. The zero-order valence-corrected chi connectivity index (χ0v) is 12.8. The van der Waals surface area contributed by atoms with Gasteiger partial charge in [0, 0.05) is 32.2 Å². The van der Waals surface area contributed by atoms with Crippen molar-refractivity contribution in [1.82, 2.24) is 13.9 Å². The summed E-state index contributed by atoms with van der Waals surface area (Å²) >= 11 is 0. The first-order chi connectivity index (χ1) is 8.47. The number of rotatable bonds is 6. The van der Waals surface area contributed by atoms with Crippen LogP contribution in [0.5, 0.6) is 0 Å². The summed E-state index contributed by atoms with van der Waals surface area (Å²) in [6.45, 7) is 11.3. The molecule has 0 amide bonds. The normalized spacial score (nSPS) is 26.7. The molecule has 1 aliphatic rings. The largest absolute Gasteiger partial charge is 0.314 e. The second-order valence-corrected chi connectivity index (χ2v) is 6.81. The summed E-state index contributed by atoms with van der Waals surface area (Å²) in [4.78, 5) is 0. The molecule has 0 aromatic heterocycles. The van der Waals surface area contributed by atoms with E-state index >= 15 is 0 Å². The predicted molar refractivity (Wildman–Crippen MR) is 74.7 cm³/mol. The molecule has 1 heterocycles. The molecule has 108 valence electrons. The number of hydrogen-bond acceptors (Lipinski definition) is 3. The average Bonchev–Trinajstić information content (AvgIpc) is 2.33. The van der Waals surface area contributed by atoms with Gasteiger partial charge in [-0.15, -0.1) is 0 Å². The monoisotopic (exact) mass is 277 g/mol. The van der Waals surface area contributed by atoms with E-state index in [2.05, 4.69) is 19.2 Å². The van der Waals surface area contributed by atoms with Gasteiger partial charge in [0.25, 0.3) is 10.2 Å². The molecule has 0 aromatic carbocycles. The highest BCUT2D eigenvalue weighted by Gasteiger charge is 2.34. The van der Waals surface area contributed by atoms with E-state index in [9.17, 15) is 8.42 Å². The molecule has 5 nitrogen and oxygen atoms in total. The summed E-state index contributed by atoms with van der Waals surface area (Å²) in [5.74, 6) is 0.365. The Hall–Kier alpha value is -0.170. The van der Waals surface area contributed by atoms with Gasteiger partial charge < -0.3 is 5.32 Å². The van der Waals surface area contributed by atoms with Gasteiger partial charge in [0.2, 0.25) is 0 Å². The van der Waals surface area contributed by atoms with E-state index < -0.39 is 10.2 Å². The molecule has 1 saturated heterocycles. The molecule has 0 aromatic rings. The maximum Gasteiger partial charge on any atom is 0.281 e. The Balaban J connectivity index is 2.70. The van der Waals surface area contributed by atoms with Crippen LogP contribution in [0.1, 0.15) is 34.1 Å². The van der Waals surface area contributed by atoms with Crippen molar-refractivity contribution in [1.29, 1.82) is 0 Å². The zero-order valence-electron chi connectivity index (χ0n) is 12.0. The summed E-state index contributed by atoms with van der Waals surface area (Å²) in [6.07, 6.45) is 0.898. The molecular formula is C12H27N3O2S. The first-order valence-corrected chi connectivity index (χ1v) is 8.35. The van der Waals surface area contributed by atoms with Crippen molar-refractivity contribution in [3.63, 3.8) is 0 Å². The van der Waals surface area contributed by atoms with Crippen molar-refractivity contribution in [3.05, 3.63) is 0 Å². The van der Waals surface area contributed by atoms with Crippen LogP contribution in [0, 0.1) is 5.92 Å². The van der Waals surface area contributed by atoms with Crippen LogP contribution in [0.15, 0.2) is 0 Å². The summed E-state index contributed by atoms with van der Waals surface area (Å²) < 4.78 is 28.0. The molecule has 0 radical (unpaired) electrons. The Morgan fingerprint density at radius 3 is 2.33 bits per heavy atom. The quantitative estimate of drug-likeness (QED) is 0.784. The molecule has 18 heavy (non-hydrogen) atoms. The van der Waals surface area contributed by atoms with Crippen LogP contribution in [0.2, 0.25) is 0 Å². The average molecular weight is 277 g/mol. The van der Waals surface area contributed by atoms with Gasteiger partial charge in [-0.05, 0) is 18.9 Å². The lowest BCUT2D eigenvalue weighted by molar-refractivity contribution is 0.211. The molecule has 6 heteroatoms. The number of hydrogen-bond donors (Lipinski definition) is 1. The minimum absolute atomic E-state index is 0.365. The van der Waals surface area contributed by atoms with Crippen molar-refractivity contribution < 1.29 is 8.42 Å². The number of nitrogens with zero attached hydrogens (tertiary/aromatic N) is 2. The Bertz CT molecular complexity index is 341. The Morgan fingerprint density at radius 1 is 1.28 bits per heavy atom.